The summed E-state index contributed by atoms with van der Waals surface area (Å²) in [5.74, 6) is 0. The molecule has 1 aliphatic rings. The molecule has 17 heavy (non-hydrogen) atoms. The Morgan fingerprint density at radius 1 is 1.59 bits per heavy atom. The lowest BCUT2D eigenvalue weighted by molar-refractivity contribution is 0.138. The minimum atomic E-state index is 0.203. The Hall–Kier alpha value is -0.970. The maximum atomic E-state index is 6.23. The molecule has 1 fully saturated rings. The van der Waals surface area contributed by atoms with Crippen LogP contribution in [-0.4, -0.2) is 42.7 Å². The molecule has 1 aromatic heterocycles. The molecule has 1 aromatic rings. The molecule has 0 saturated carbocycles. The predicted molar refractivity (Wildman–Crippen MR) is 67.8 cm³/mol. The maximum Gasteiger partial charge on any atom is 0.0589 e. The summed E-state index contributed by atoms with van der Waals surface area (Å²) in [4.78, 5) is 6.63. The van der Waals surface area contributed by atoms with Crippen molar-refractivity contribution < 1.29 is 4.74 Å². The van der Waals surface area contributed by atoms with Crippen LogP contribution in [-0.2, 0) is 4.74 Å². The van der Waals surface area contributed by atoms with Crippen LogP contribution in [0, 0.1) is 6.92 Å². The lowest BCUT2D eigenvalue weighted by atomic mass is 9.98. The van der Waals surface area contributed by atoms with Gasteiger partial charge in [-0.05, 0) is 30.5 Å². The van der Waals surface area contributed by atoms with Gasteiger partial charge in [0, 0.05) is 38.6 Å². The van der Waals surface area contributed by atoms with Gasteiger partial charge in [0.1, 0.15) is 0 Å². The zero-order valence-electron chi connectivity index (χ0n) is 10.6. The molecule has 0 spiro atoms. The van der Waals surface area contributed by atoms with Crippen LogP contribution >= 0.6 is 0 Å². The van der Waals surface area contributed by atoms with Crippen LogP contribution in [0.4, 0.5) is 0 Å². The van der Waals surface area contributed by atoms with Crippen LogP contribution in [0.5, 0.6) is 0 Å². The van der Waals surface area contributed by atoms with Gasteiger partial charge in [-0.3, -0.25) is 9.88 Å². The number of nitrogens with two attached hydrogens (primary N) is 1. The normalized spacial score (nSPS) is 25.4. The summed E-state index contributed by atoms with van der Waals surface area (Å²) in [6.45, 7) is 4.85. The molecule has 4 heteroatoms. The molecule has 2 unspecified atom stereocenters. The average Bonchev–Trinajstić information content (AvgIpc) is 2.69. The van der Waals surface area contributed by atoms with Crippen molar-refractivity contribution in [3.8, 4) is 0 Å². The maximum absolute atomic E-state index is 6.23. The zero-order valence-corrected chi connectivity index (χ0v) is 10.6. The summed E-state index contributed by atoms with van der Waals surface area (Å²) in [6, 6.07) is 2.54. The molecule has 2 atom stereocenters. The molecule has 4 nitrogen and oxygen atoms in total. The molecule has 94 valence electrons. The summed E-state index contributed by atoms with van der Waals surface area (Å²) in [6.07, 6.45) is 4.83. The van der Waals surface area contributed by atoms with Gasteiger partial charge >= 0.3 is 0 Å². The largest absolute Gasteiger partial charge is 0.383 e. The van der Waals surface area contributed by atoms with E-state index in [9.17, 15) is 0 Å². The summed E-state index contributed by atoms with van der Waals surface area (Å²) in [7, 11) is 1.74. The van der Waals surface area contributed by atoms with E-state index in [1.54, 1.807) is 7.11 Å². The third-order valence-electron chi connectivity index (χ3n) is 3.53. The fourth-order valence-corrected chi connectivity index (χ4v) is 2.56. The summed E-state index contributed by atoms with van der Waals surface area (Å²) < 4.78 is 5.16. The van der Waals surface area contributed by atoms with Crippen molar-refractivity contribution in [2.24, 2.45) is 5.73 Å². The molecule has 2 N–H and O–H groups in total. The Morgan fingerprint density at radius 2 is 2.41 bits per heavy atom. The van der Waals surface area contributed by atoms with E-state index in [2.05, 4.69) is 22.9 Å². The monoisotopic (exact) mass is 235 g/mol. The number of aryl methyl sites for hydroxylation is 1. The molecule has 2 heterocycles. The zero-order chi connectivity index (χ0) is 12.3. The molecule has 1 aliphatic heterocycles. The van der Waals surface area contributed by atoms with Gasteiger partial charge in [-0.1, -0.05) is 0 Å². The van der Waals surface area contributed by atoms with E-state index in [4.69, 9.17) is 10.5 Å². The summed E-state index contributed by atoms with van der Waals surface area (Å²) in [5.41, 5.74) is 8.76. The Morgan fingerprint density at radius 3 is 3.12 bits per heavy atom. The smallest absolute Gasteiger partial charge is 0.0589 e. The lowest BCUT2D eigenvalue weighted by Gasteiger charge is -2.27. The lowest BCUT2D eigenvalue weighted by Crippen LogP contribution is -2.34. The van der Waals surface area contributed by atoms with Crippen molar-refractivity contribution in [1.82, 2.24) is 9.88 Å². The second-order valence-corrected chi connectivity index (χ2v) is 4.66. The van der Waals surface area contributed by atoms with Gasteiger partial charge in [0.2, 0.25) is 0 Å². The van der Waals surface area contributed by atoms with Crippen LogP contribution < -0.4 is 5.73 Å². The van der Waals surface area contributed by atoms with Gasteiger partial charge in [-0.15, -0.1) is 0 Å². The van der Waals surface area contributed by atoms with Crippen LogP contribution in [0.25, 0.3) is 0 Å². The summed E-state index contributed by atoms with van der Waals surface area (Å²) in [5, 5.41) is 0. The van der Waals surface area contributed by atoms with Crippen molar-refractivity contribution in [1.29, 1.82) is 0 Å². The molecule has 2 rings (SSSR count). The van der Waals surface area contributed by atoms with Crippen LogP contribution in [0.15, 0.2) is 18.5 Å². The van der Waals surface area contributed by atoms with Crippen LogP contribution in [0.1, 0.15) is 23.6 Å². The van der Waals surface area contributed by atoms with Gasteiger partial charge in [0.15, 0.2) is 0 Å². The molecular weight excluding hydrogens is 214 g/mol. The molecule has 0 radical (unpaired) electrons. The van der Waals surface area contributed by atoms with Gasteiger partial charge in [-0.2, -0.15) is 0 Å². The quantitative estimate of drug-likeness (QED) is 0.849. The fourth-order valence-electron chi connectivity index (χ4n) is 2.56. The first kappa shape index (κ1) is 12.5. The first-order valence-corrected chi connectivity index (χ1v) is 6.13. The van der Waals surface area contributed by atoms with Crippen LogP contribution in [0.3, 0.4) is 0 Å². The molecule has 0 bridgehead atoms. The number of ether oxygens (including phenoxy) is 1. The summed E-state index contributed by atoms with van der Waals surface area (Å²) >= 11 is 0. The molecular formula is C13H21N3O. The SMILES string of the molecule is COCCN1CCC(N)C1c1cnccc1C. The first-order chi connectivity index (χ1) is 8.24. The van der Waals surface area contributed by atoms with Crippen molar-refractivity contribution in [3.05, 3.63) is 29.6 Å². The number of pyridine rings is 1. The Labute approximate surface area is 103 Å². The molecule has 0 aliphatic carbocycles. The number of nitrogens with zero attached hydrogens (tertiary/aromatic N) is 2. The number of methoxy groups -OCH3 is 1. The van der Waals surface area contributed by atoms with E-state index in [1.807, 2.05) is 12.4 Å². The number of likely N-dealkylation sites (tertiary alicyclic amines) is 1. The Bertz CT molecular complexity index is 369. The highest BCUT2D eigenvalue weighted by Gasteiger charge is 2.33. The van der Waals surface area contributed by atoms with E-state index in [-0.39, 0.29) is 6.04 Å². The van der Waals surface area contributed by atoms with E-state index in [0.717, 1.165) is 26.1 Å². The standard InChI is InChI=1S/C13H21N3O/c1-10-3-5-15-9-11(10)13-12(14)4-6-16(13)7-8-17-2/h3,5,9,12-13H,4,6-8,14H2,1-2H3. The molecule has 1 saturated heterocycles. The van der Waals surface area contributed by atoms with E-state index < -0.39 is 0 Å². The van der Waals surface area contributed by atoms with Gasteiger partial charge in [-0.25, -0.2) is 0 Å². The second kappa shape index (κ2) is 5.58. The van der Waals surface area contributed by atoms with Gasteiger partial charge < -0.3 is 10.5 Å². The topological polar surface area (TPSA) is 51.4 Å². The van der Waals surface area contributed by atoms with Crippen molar-refractivity contribution >= 4 is 0 Å². The predicted octanol–water partition coefficient (Wildman–Crippen LogP) is 1.11. The average molecular weight is 235 g/mol. The highest BCUT2D eigenvalue weighted by Crippen LogP contribution is 2.31. The Balaban J connectivity index is 2.18. The molecule has 0 amide bonds. The number of hydrogen-bond acceptors (Lipinski definition) is 4. The number of rotatable bonds is 4. The van der Waals surface area contributed by atoms with Crippen molar-refractivity contribution in [2.45, 2.75) is 25.4 Å². The number of aromatic nitrogens is 1. The Kier molecular flexibility index (Phi) is 4.10. The molecule has 0 aromatic carbocycles. The van der Waals surface area contributed by atoms with Gasteiger partial charge in [0.05, 0.1) is 12.6 Å². The van der Waals surface area contributed by atoms with E-state index in [1.165, 1.54) is 11.1 Å². The van der Waals surface area contributed by atoms with E-state index in [0.29, 0.717) is 6.04 Å². The highest BCUT2D eigenvalue weighted by molar-refractivity contribution is 5.27. The highest BCUT2D eigenvalue weighted by atomic mass is 16.5. The minimum absolute atomic E-state index is 0.203. The minimum Gasteiger partial charge on any atom is -0.383 e. The van der Waals surface area contributed by atoms with Crippen molar-refractivity contribution in [3.63, 3.8) is 0 Å². The fraction of sp³-hybridized carbons (Fsp3) is 0.615. The van der Waals surface area contributed by atoms with Crippen molar-refractivity contribution in [2.75, 3.05) is 26.8 Å². The van der Waals surface area contributed by atoms with E-state index >= 15 is 0 Å². The third-order valence-corrected chi connectivity index (χ3v) is 3.53. The first-order valence-electron chi connectivity index (χ1n) is 6.13. The second-order valence-electron chi connectivity index (χ2n) is 4.66. The number of hydrogen-bond donors (Lipinski definition) is 1. The van der Waals surface area contributed by atoms with Crippen LogP contribution in [0.2, 0.25) is 0 Å². The van der Waals surface area contributed by atoms with Gasteiger partial charge in [0.25, 0.3) is 0 Å². The third kappa shape index (κ3) is 2.65.